The molecular weight excluding hydrogens is 449 g/mol. The Morgan fingerprint density at radius 2 is 1.65 bits per heavy atom. The second-order valence-corrected chi connectivity index (χ2v) is 15.9. The van der Waals surface area contributed by atoms with Crippen LogP contribution in [0, 0.1) is 0 Å². The molecule has 2 saturated heterocycles. The van der Waals surface area contributed by atoms with Crippen molar-refractivity contribution < 1.29 is 46.8 Å². The summed E-state index contributed by atoms with van der Waals surface area (Å²) in [7, 11) is -8.00. The second kappa shape index (κ2) is 8.83. The average Bonchev–Trinajstić information content (AvgIpc) is 2.53. The van der Waals surface area contributed by atoms with Crippen LogP contribution in [0.15, 0.2) is 0 Å². The molecule has 31 heavy (non-hydrogen) atoms. The number of amides is 1. The highest BCUT2D eigenvalue weighted by Gasteiger charge is 2.65. The second-order valence-electron chi connectivity index (χ2n) is 9.95. The van der Waals surface area contributed by atoms with Crippen molar-refractivity contribution in [3.05, 3.63) is 0 Å². The van der Waals surface area contributed by atoms with Crippen molar-refractivity contribution in [3.63, 3.8) is 0 Å². The van der Waals surface area contributed by atoms with E-state index >= 15 is 0 Å². The van der Waals surface area contributed by atoms with Crippen molar-refractivity contribution in [2.75, 3.05) is 6.61 Å². The third kappa shape index (κ3) is 5.74. The first-order valence-electron chi connectivity index (χ1n) is 10.0. The number of nitrogens with one attached hydrogen (secondary N) is 1. The molecule has 2 aliphatic heterocycles. The smallest absolute Gasteiger partial charge is 0.457 e. The molecule has 2 fully saturated rings. The van der Waals surface area contributed by atoms with Gasteiger partial charge in [0.2, 0.25) is 5.91 Å². The zero-order valence-electron chi connectivity index (χ0n) is 19.2. The number of carbonyl (C=O) groups is 2. The first-order chi connectivity index (χ1) is 13.9. The molecule has 0 aromatic heterocycles. The molecule has 2 rings (SSSR count). The van der Waals surface area contributed by atoms with Gasteiger partial charge in [0.05, 0.1) is 6.61 Å². The minimum atomic E-state index is -4.99. The maximum atomic E-state index is 11.9. The molecule has 13 heteroatoms. The Labute approximate surface area is 183 Å². The quantitative estimate of drug-likeness (QED) is 0.306. The number of ether oxygens (including phenoxy) is 2. The van der Waals surface area contributed by atoms with Gasteiger partial charge in [-0.15, -0.1) is 0 Å². The number of rotatable bonds is 4. The highest BCUT2D eigenvalue weighted by atomic mass is 31.2. The summed E-state index contributed by atoms with van der Waals surface area (Å²) in [5, 5.41) is 1.78. The molecule has 1 amide bonds. The number of esters is 1. The summed E-state index contributed by atoms with van der Waals surface area (Å²) in [6.07, 6.45) is -4.37. The zero-order chi connectivity index (χ0) is 24.0. The van der Waals surface area contributed by atoms with Crippen LogP contribution in [-0.4, -0.2) is 67.5 Å². The molecule has 0 radical (unpaired) electrons. The van der Waals surface area contributed by atoms with Gasteiger partial charge in [-0.2, -0.15) is 0 Å². The van der Waals surface area contributed by atoms with E-state index in [2.05, 4.69) is 5.32 Å². The molecule has 0 aliphatic carbocycles. The SMILES string of the molecule is CC(=O)N[C@H]1[C@@H](OP(=O)(O)O)O[C@@H]2CO[Si](C(C)(C)C)(C(C)(C)C)O[C@H]2[C@@H]1OC(C)=O. The van der Waals surface area contributed by atoms with Crippen LogP contribution in [0.5, 0.6) is 0 Å². The molecule has 3 N–H and O–H groups in total. The summed E-state index contributed by atoms with van der Waals surface area (Å²) in [6, 6.07) is -1.21. The van der Waals surface area contributed by atoms with Crippen molar-refractivity contribution in [1.29, 1.82) is 0 Å². The third-order valence-corrected chi connectivity index (χ3v) is 10.9. The fourth-order valence-electron chi connectivity index (χ4n) is 4.46. The normalized spacial score (nSPS) is 31.5. The Hall–Kier alpha value is -0.853. The zero-order valence-corrected chi connectivity index (χ0v) is 21.1. The minimum absolute atomic E-state index is 0.0526. The lowest BCUT2D eigenvalue weighted by Crippen LogP contribution is -2.73. The van der Waals surface area contributed by atoms with Crippen LogP contribution in [0.1, 0.15) is 55.4 Å². The Morgan fingerprint density at radius 1 is 1.10 bits per heavy atom. The van der Waals surface area contributed by atoms with Crippen molar-refractivity contribution in [1.82, 2.24) is 5.32 Å². The lowest BCUT2D eigenvalue weighted by Gasteiger charge is -2.57. The topological polar surface area (TPSA) is 150 Å². The van der Waals surface area contributed by atoms with Crippen LogP contribution in [0.3, 0.4) is 0 Å². The molecule has 0 aromatic rings. The maximum absolute atomic E-state index is 11.9. The van der Waals surface area contributed by atoms with E-state index in [1.165, 1.54) is 13.8 Å². The highest BCUT2D eigenvalue weighted by Crippen LogP contribution is 2.55. The Morgan fingerprint density at radius 3 is 2.06 bits per heavy atom. The van der Waals surface area contributed by atoms with E-state index < -0.39 is 58.9 Å². The van der Waals surface area contributed by atoms with Crippen molar-refractivity contribution in [2.24, 2.45) is 0 Å². The van der Waals surface area contributed by atoms with E-state index in [0.717, 1.165) is 0 Å². The van der Waals surface area contributed by atoms with E-state index in [1.807, 2.05) is 41.5 Å². The van der Waals surface area contributed by atoms with Crippen LogP contribution in [0.2, 0.25) is 10.1 Å². The number of hydrogen-bond donors (Lipinski definition) is 3. The number of carbonyl (C=O) groups excluding carboxylic acids is 2. The van der Waals surface area contributed by atoms with Gasteiger partial charge in [-0.25, -0.2) is 4.57 Å². The Balaban J connectivity index is 2.53. The molecule has 5 atom stereocenters. The highest BCUT2D eigenvalue weighted by molar-refractivity contribution is 7.46. The minimum Gasteiger partial charge on any atom is -0.457 e. The molecule has 0 saturated carbocycles. The number of hydrogen-bond acceptors (Lipinski definition) is 8. The van der Waals surface area contributed by atoms with Crippen LogP contribution < -0.4 is 5.32 Å². The van der Waals surface area contributed by atoms with Crippen molar-refractivity contribution >= 4 is 28.3 Å². The van der Waals surface area contributed by atoms with Crippen molar-refractivity contribution in [3.8, 4) is 0 Å². The van der Waals surface area contributed by atoms with Gasteiger partial charge in [-0.05, 0) is 0 Å². The van der Waals surface area contributed by atoms with Crippen molar-refractivity contribution in [2.45, 2.75) is 96.1 Å². The number of fused-ring (bicyclic) bond motifs is 1. The summed E-state index contributed by atoms with van der Waals surface area (Å²) in [5.74, 6) is -1.17. The van der Waals surface area contributed by atoms with Gasteiger partial charge < -0.3 is 33.4 Å². The lowest BCUT2D eigenvalue weighted by atomic mass is 9.96. The molecule has 0 spiro atoms. The van der Waals surface area contributed by atoms with Crippen LogP contribution in [0.4, 0.5) is 0 Å². The first-order valence-corrected chi connectivity index (χ1v) is 13.4. The van der Waals surface area contributed by atoms with Gasteiger partial charge in [0.1, 0.15) is 18.2 Å². The van der Waals surface area contributed by atoms with Gasteiger partial charge in [0, 0.05) is 23.9 Å². The summed E-state index contributed by atoms with van der Waals surface area (Å²) >= 11 is 0. The van der Waals surface area contributed by atoms with Gasteiger partial charge >= 0.3 is 22.4 Å². The van der Waals surface area contributed by atoms with Crippen LogP contribution in [0.25, 0.3) is 0 Å². The average molecular weight is 484 g/mol. The summed E-state index contributed by atoms with van der Waals surface area (Å²) in [5.41, 5.74) is 0. The molecule has 0 bridgehead atoms. The predicted octanol–water partition coefficient (Wildman–Crippen LogP) is 1.71. The van der Waals surface area contributed by atoms with E-state index in [9.17, 15) is 23.9 Å². The fourth-order valence-corrected chi connectivity index (χ4v) is 9.87. The molecule has 11 nitrogen and oxygen atoms in total. The maximum Gasteiger partial charge on any atom is 0.472 e. The molecule has 0 aromatic carbocycles. The Kier molecular flexibility index (Phi) is 7.52. The van der Waals surface area contributed by atoms with E-state index in [0.29, 0.717) is 0 Å². The van der Waals surface area contributed by atoms with Gasteiger partial charge in [0.25, 0.3) is 0 Å². The van der Waals surface area contributed by atoms with E-state index in [1.54, 1.807) is 0 Å². The van der Waals surface area contributed by atoms with Gasteiger partial charge in [-0.1, -0.05) is 41.5 Å². The van der Waals surface area contributed by atoms with E-state index in [-0.39, 0.29) is 16.7 Å². The molecular formula is C18H34NO10PSi. The lowest BCUT2D eigenvalue weighted by molar-refractivity contribution is -0.264. The molecule has 2 aliphatic rings. The number of phosphoric acid groups is 1. The van der Waals surface area contributed by atoms with Gasteiger partial charge in [0.15, 0.2) is 12.4 Å². The van der Waals surface area contributed by atoms with Gasteiger partial charge in [-0.3, -0.25) is 14.1 Å². The summed E-state index contributed by atoms with van der Waals surface area (Å²) in [4.78, 5) is 42.4. The predicted molar refractivity (Wildman–Crippen MR) is 111 cm³/mol. The molecule has 2 heterocycles. The molecule has 180 valence electrons. The Bertz CT molecular complexity index is 729. The fraction of sp³-hybridized carbons (Fsp3) is 0.889. The first kappa shape index (κ1) is 26.4. The monoisotopic (exact) mass is 483 g/mol. The van der Waals surface area contributed by atoms with E-state index in [4.69, 9.17) is 22.8 Å². The van der Waals surface area contributed by atoms with Crippen LogP contribution >= 0.6 is 7.82 Å². The third-order valence-electron chi connectivity index (χ3n) is 5.29. The largest absolute Gasteiger partial charge is 0.472 e. The van der Waals surface area contributed by atoms with Crippen LogP contribution in [-0.2, 0) is 37.0 Å². The number of phosphoric ester groups is 1. The standard InChI is InChI=1S/C18H34NO10PSi/c1-10(20)19-13-15(26-11(2)21)14-12(27-16(13)28-30(22,23)24)9-25-31(29-14,17(3,4)5)18(6,7)8/h12-16H,9H2,1-8H3,(H,19,20)(H2,22,23,24)/t12-,13-,14-,15-,16-/m1/s1. The summed E-state index contributed by atoms with van der Waals surface area (Å²) < 4.78 is 40.5. The molecule has 0 unspecified atom stereocenters. The summed E-state index contributed by atoms with van der Waals surface area (Å²) in [6.45, 7) is 14.6.